The number of anilines is 1. The van der Waals surface area contributed by atoms with Crippen LogP contribution in [0, 0.1) is 5.82 Å². The van der Waals surface area contributed by atoms with Crippen LogP contribution in [0.3, 0.4) is 0 Å². The number of rotatable bonds is 6. The van der Waals surface area contributed by atoms with Crippen LogP contribution in [-0.4, -0.2) is 43.5 Å². The molecule has 5 nitrogen and oxygen atoms in total. The van der Waals surface area contributed by atoms with Crippen molar-refractivity contribution in [2.75, 3.05) is 37.6 Å². The Bertz CT molecular complexity index is 922. The van der Waals surface area contributed by atoms with E-state index in [2.05, 4.69) is 15.1 Å². The average Bonchev–Trinajstić information content (AvgIpc) is 3.30. The Hall–Kier alpha value is -3.12. The predicted octanol–water partition coefficient (Wildman–Crippen LogP) is 3.71. The van der Waals surface area contributed by atoms with Crippen molar-refractivity contribution >= 4 is 11.6 Å². The summed E-state index contributed by atoms with van der Waals surface area (Å²) < 4.78 is 19.8. The van der Waals surface area contributed by atoms with E-state index in [4.69, 9.17) is 4.42 Å². The summed E-state index contributed by atoms with van der Waals surface area (Å²) in [6.45, 7) is 3.37. The van der Waals surface area contributed by atoms with E-state index in [9.17, 15) is 9.18 Å². The molecular weight excluding hydrogens is 369 g/mol. The van der Waals surface area contributed by atoms with Crippen molar-refractivity contribution in [1.82, 2.24) is 10.2 Å². The fourth-order valence-corrected chi connectivity index (χ4v) is 3.75. The van der Waals surface area contributed by atoms with Gasteiger partial charge in [0.05, 0.1) is 18.0 Å². The number of hydrogen-bond donors (Lipinski definition) is 1. The van der Waals surface area contributed by atoms with E-state index in [-0.39, 0.29) is 17.8 Å². The molecule has 2 heterocycles. The SMILES string of the molecule is O=C(NC[C@H](c1ccco1)N1CCN(c2ccccc2F)CC1)c1ccccc1. The summed E-state index contributed by atoms with van der Waals surface area (Å²) in [6.07, 6.45) is 1.65. The molecule has 150 valence electrons. The van der Waals surface area contributed by atoms with Crippen LogP contribution >= 0.6 is 0 Å². The average molecular weight is 393 g/mol. The number of halogens is 1. The lowest BCUT2D eigenvalue weighted by atomic mass is 10.1. The molecule has 1 aromatic heterocycles. The number of piperazine rings is 1. The van der Waals surface area contributed by atoms with Crippen molar-refractivity contribution in [3.05, 3.63) is 90.1 Å². The molecule has 1 N–H and O–H groups in total. The topological polar surface area (TPSA) is 48.7 Å². The predicted molar refractivity (Wildman–Crippen MR) is 110 cm³/mol. The minimum Gasteiger partial charge on any atom is -0.468 e. The zero-order chi connectivity index (χ0) is 20.1. The lowest BCUT2D eigenvalue weighted by Gasteiger charge is -2.39. The molecular formula is C23H24FN3O2. The van der Waals surface area contributed by atoms with E-state index < -0.39 is 0 Å². The Balaban J connectivity index is 1.42. The maximum Gasteiger partial charge on any atom is 0.251 e. The maximum atomic E-state index is 14.1. The first-order valence-corrected chi connectivity index (χ1v) is 9.82. The van der Waals surface area contributed by atoms with Gasteiger partial charge in [-0.3, -0.25) is 9.69 Å². The van der Waals surface area contributed by atoms with E-state index in [1.807, 2.05) is 42.5 Å². The minimum absolute atomic E-state index is 0.0690. The van der Waals surface area contributed by atoms with Gasteiger partial charge in [-0.2, -0.15) is 0 Å². The number of furan rings is 1. The molecule has 0 unspecified atom stereocenters. The normalized spacial score (nSPS) is 15.8. The number of nitrogens with one attached hydrogen (secondary N) is 1. The van der Waals surface area contributed by atoms with Crippen LogP contribution in [0.25, 0.3) is 0 Å². The zero-order valence-electron chi connectivity index (χ0n) is 16.1. The number of carbonyl (C=O) groups is 1. The standard InChI is InChI=1S/C23H24FN3O2/c24-19-9-4-5-10-20(19)26-12-14-27(15-13-26)21(22-11-6-16-29-22)17-25-23(28)18-7-2-1-3-8-18/h1-11,16,21H,12-15,17H2,(H,25,28)/t21-/m1/s1. The second kappa shape index (κ2) is 8.92. The monoisotopic (exact) mass is 393 g/mol. The van der Waals surface area contributed by atoms with E-state index in [0.717, 1.165) is 18.8 Å². The van der Waals surface area contributed by atoms with E-state index in [1.54, 1.807) is 24.5 Å². The molecule has 1 atom stereocenters. The number of para-hydroxylation sites is 1. The summed E-state index contributed by atoms with van der Waals surface area (Å²) >= 11 is 0. The summed E-state index contributed by atoms with van der Waals surface area (Å²) in [4.78, 5) is 16.8. The van der Waals surface area contributed by atoms with E-state index >= 15 is 0 Å². The molecule has 0 bridgehead atoms. The largest absolute Gasteiger partial charge is 0.468 e. The first-order chi connectivity index (χ1) is 14.2. The van der Waals surface area contributed by atoms with Gasteiger partial charge in [0.15, 0.2) is 0 Å². The van der Waals surface area contributed by atoms with Gasteiger partial charge < -0.3 is 14.6 Å². The van der Waals surface area contributed by atoms with Crippen LogP contribution in [0.4, 0.5) is 10.1 Å². The Morgan fingerprint density at radius 1 is 0.966 bits per heavy atom. The van der Waals surface area contributed by atoms with Gasteiger partial charge in [-0.25, -0.2) is 4.39 Å². The summed E-state index contributed by atoms with van der Waals surface area (Å²) in [7, 11) is 0. The van der Waals surface area contributed by atoms with Crippen LogP contribution in [0.2, 0.25) is 0 Å². The summed E-state index contributed by atoms with van der Waals surface area (Å²) in [5.41, 5.74) is 1.27. The van der Waals surface area contributed by atoms with Crippen LogP contribution in [0.15, 0.2) is 77.4 Å². The highest BCUT2D eigenvalue weighted by Crippen LogP contribution is 2.25. The lowest BCUT2D eigenvalue weighted by molar-refractivity contribution is 0.0922. The van der Waals surface area contributed by atoms with Gasteiger partial charge >= 0.3 is 0 Å². The fraction of sp³-hybridized carbons (Fsp3) is 0.261. The van der Waals surface area contributed by atoms with Crippen LogP contribution in [0.5, 0.6) is 0 Å². The van der Waals surface area contributed by atoms with Gasteiger partial charge in [-0.05, 0) is 36.4 Å². The molecule has 1 saturated heterocycles. The lowest BCUT2D eigenvalue weighted by Crippen LogP contribution is -2.50. The number of nitrogens with zero attached hydrogens (tertiary/aromatic N) is 2. The molecule has 0 saturated carbocycles. The Labute approximate surface area is 169 Å². The fourth-order valence-electron chi connectivity index (χ4n) is 3.75. The van der Waals surface area contributed by atoms with E-state index in [1.165, 1.54) is 6.07 Å². The molecule has 1 aliphatic heterocycles. The Morgan fingerprint density at radius 3 is 2.38 bits per heavy atom. The van der Waals surface area contributed by atoms with Gasteiger partial charge in [-0.15, -0.1) is 0 Å². The van der Waals surface area contributed by atoms with Crippen molar-refractivity contribution < 1.29 is 13.6 Å². The first-order valence-electron chi connectivity index (χ1n) is 9.82. The van der Waals surface area contributed by atoms with Gasteiger partial charge in [0.1, 0.15) is 11.6 Å². The molecule has 6 heteroatoms. The Kier molecular flexibility index (Phi) is 5.91. The molecule has 1 amide bonds. The molecule has 1 fully saturated rings. The maximum absolute atomic E-state index is 14.1. The highest BCUT2D eigenvalue weighted by atomic mass is 19.1. The molecule has 4 rings (SSSR count). The second-order valence-electron chi connectivity index (χ2n) is 7.08. The van der Waals surface area contributed by atoms with Crippen molar-refractivity contribution in [1.29, 1.82) is 0 Å². The number of amides is 1. The van der Waals surface area contributed by atoms with Crippen molar-refractivity contribution in [2.24, 2.45) is 0 Å². The minimum atomic E-state index is -0.196. The second-order valence-corrected chi connectivity index (χ2v) is 7.08. The van der Waals surface area contributed by atoms with Crippen LogP contribution in [-0.2, 0) is 0 Å². The highest BCUT2D eigenvalue weighted by Gasteiger charge is 2.28. The third-order valence-electron chi connectivity index (χ3n) is 5.31. The molecule has 0 radical (unpaired) electrons. The summed E-state index contributed by atoms with van der Waals surface area (Å²) in [6, 6.07) is 19.8. The molecule has 29 heavy (non-hydrogen) atoms. The van der Waals surface area contributed by atoms with Gasteiger partial charge in [-0.1, -0.05) is 30.3 Å². The van der Waals surface area contributed by atoms with E-state index in [0.29, 0.717) is 30.9 Å². The highest BCUT2D eigenvalue weighted by molar-refractivity contribution is 5.94. The zero-order valence-corrected chi connectivity index (χ0v) is 16.1. The quantitative estimate of drug-likeness (QED) is 0.694. The molecule has 1 aliphatic rings. The molecule has 3 aromatic rings. The number of benzene rings is 2. The number of carbonyl (C=O) groups excluding carboxylic acids is 1. The Morgan fingerprint density at radius 2 is 1.69 bits per heavy atom. The van der Waals surface area contributed by atoms with Crippen LogP contribution < -0.4 is 10.2 Å². The summed E-state index contributed by atoms with van der Waals surface area (Å²) in [5.74, 6) is 0.517. The molecule has 0 spiro atoms. The van der Waals surface area contributed by atoms with Gasteiger partial charge in [0.25, 0.3) is 5.91 Å². The van der Waals surface area contributed by atoms with Gasteiger partial charge in [0.2, 0.25) is 0 Å². The molecule has 0 aliphatic carbocycles. The van der Waals surface area contributed by atoms with Crippen molar-refractivity contribution in [3.63, 3.8) is 0 Å². The summed E-state index contributed by atoms with van der Waals surface area (Å²) in [5, 5.41) is 3.02. The molecule has 2 aromatic carbocycles. The third-order valence-corrected chi connectivity index (χ3v) is 5.31. The third kappa shape index (κ3) is 4.49. The van der Waals surface area contributed by atoms with Gasteiger partial charge in [0, 0.05) is 38.3 Å². The first kappa shape index (κ1) is 19.2. The smallest absolute Gasteiger partial charge is 0.251 e. The van der Waals surface area contributed by atoms with Crippen molar-refractivity contribution in [3.8, 4) is 0 Å². The van der Waals surface area contributed by atoms with Crippen molar-refractivity contribution in [2.45, 2.75) is 6.04 Å². The van der Waals surface area contributed by atoms with Crippen LogP contribution in [0.1, 0.15) is 22.2 Å². The number of hydrogen-bond acceptors (Lipinski definition) is 4.